The molecule has 6 nitrogen and oxygen atoms in total. The van der Waals surface area contributed by atoms with Gasteiger partial charge in [0.05, 0.1) is 25.7 Å². The number of aromatic nitrogens is 2. The van der Waals surface area contributed by atoms with Gasteiger partial charge in [0, 0.05) is 11.3 Å². The molecule has 33 heavy (non-hydrogen) atoms. The summed E-state index contributed by atoms with van der Waals surface area (Å²) in [4.78, 5) is 20.2. The van der Waals surface area contributed by atoms with E-state index < -0.39 is 11.9 Å². The lowest BCUT2D eigenvalue weighted by Crippen LogP contribution is -2.16. The zero-order valence-corrected chi connectivity index (χ0v) is 19.2. The van der Waals surface area contributed by atoms with Gasteiger partial charge < -0.3 is 14.8 Å². The Morgan fingerprint density at radius 3 is 2.42 bits per heavy atom. The van der Waals surface area contributed by atoms with Gasteiger partial charge in [-0.05, 0) is 55.3 Å². The van der Waals surface area contributed by atoms with Gasteiger partial charge in [0.15, 0.2) is 16.7 Å². The molecular formula is C23H22F3N3O3S. The minimum absolute atomic E-state index is 0.0516. The number of carbonyl (C=O) groups excluding carboxylic acids is 1. The maximum absolute atomic E-state index is 13.5. The lowest BCUT2D eigenvalue weighted by atomic mass is 10.1. The highest BCUT2D eigenvalue weighted by Gasteiger charge is 2.34. The molecule has 3 aromatic rings. The van der Waals surface area contributed by atoms with E-state index >= 15 is 0 Å². The van der Waals surface area contributed by atoms with Crippen LogP contribution in [0.4, 0.5) is 18.9 Å². The fraction of sp³-hybridized carbons (Fsp3) is 0.261. The summed E-state index contributed by atoms with van der Waals surface area (Å²) in [7, 11) is 2.89. The summed E-state index contributed by atoms with van der Waals surface area (Å²) >= 11 is 0.824. The number of aryl methyl sites for hydroxylation is 1. The Morgan fingerprint density at radius 2 is 1.76 bits per heavy atom. The number of alkyl halides is 3. The Morgan fingerprint density at radius 1 is 1.03 bits per heavy atom. The molecule has 0 saturated heterocycles. The van der Waals surface area contributed by atoms with Gasteiger partial charge in [0.2, 0.25) is 5.91 Å². The lowest BCUT2D eigenvalue weighted by molar-refractivity contribution is -0.141. The maximum atomic E-state index is 13.5. The summed E-state index contributed by atoms with van der Waals surface area (Å²) in [6, 6.07) is 11.0. The molecule has 0 unspecified atom stereocenters. The van der Waals surface area contributed by atoms with Crippen LogP contribution in [0.3, 0.4) is 0 Å². The van der Waals surface area contributed by atoms with Gasteiger partial charge in [-0.15, -0.1) is 0 Å². The van der Waals surface area contributed by atoms with Crippen LogP contribution < -0.4 is 14.8 Å². The normalized spacial score (nSPS) is 11.2. The number of benzene rings is 2. The van der Waals surface area contributed by atoms with Crippen molar-refractivity contribution in [1.29, 1.82) is 0 Å². The minimum atomic E-state index is -4.68. The Balaban J connectivity index is 1.86. The molecule has 1 heterocycles. The smallest absolute Gasteiger partial charge is 0.433 e. The van der Waals surface area contributed by atoms with E-state index in [1.165, 1.54) is 20.3 Å². The van der Waals surface area contributed by atoms with Crippen LogP contribution in [0.25, 0.3) is 11.3 Å². The number of nitrogens with zero attached hydrogens (tertiary/aromatic N) is 2. The number of ether oxygens (including phenoxy) is 2. The average molecular weight is 478 g/mol. The molecule has 0 spiro atoms. The first-order valence-corrected chi connectivity index (χ1v) is 10.8. The molecular weight excluding hydrogens is 455 g/mol. The second-order valence-corrected chi connectivity index (χ2v) is 8.02. The van der Waals surface area contributed by atoms with Crippen molar-refractivity contribution in [3.8, 4) is 22.8 Å². The minimum Gasteiger partial charge on any atom is -0.493 e. The fourth-order valence-electron chi connectivity index (χ4n) is 2.98. The van der Waals surface area contributed by atoms with Crippen molar-refractivity contribution >= 4 is 23.4 Å². The van der Waals surface area contributed by atoms with Crippen molar-refractivity contribution in [2.24, 2.45) is 0 Å². The van der Waals surface area contributed by atoms with E-state index in [2.05, 4.69) is 15.3 Å². The van der Waals surface area contributed by atoms with Crippen LogP contribution in [-0.2, 0) is 11.0 Å². The predicted octanol–water partition coefficient (Wildman–Crippen LogP) is 5.53. The largest absolute Gasteiger partial charge is 0.493 e. The Labute approximate surface area is 193 Å². The molecule has 0 radical (unpaired) electrons. The molecule has 1 N–H and O–H groups in total. The molecule has 0 aliphatic rings. The van der Waals surface area contributed by atoms with Crippen LogP contribution >= 0.6 is 11.8 Å². The van der Waals surface area contributed by atoms with E-state index in [0.29, 0.717) is 22.7 Å². The highest BCUT2D eigenvalue weighted by Crippen LogP contribution is 2.35. The van der Waals surface area contributed by atoms with Gasteiger partial charge >= 0.3 is 6.18 Å². The standard InChI is InChI=1S/C23H22F3N3O3S/c1-13-6-5-7-16(14(13)2)27-21(30)12-33-22-28-17(11-20(29-22)23(24,25)26)15-8-9-18(31-3)19(10-15)32-4/h5-11H,12H2,1-4H3,(H,27,30). The van der Waals surface area contributed by atoms with Gasteiger partial charge in [-0.25, -0.2) is 9.97 Å². The van der Waals surface area contributed by atoms with Crippen LogP contribution in [0.5, 0.6) is 11.5 Å². The summed E-state index contributed by atoms with van der Waals surface area (Å²) < 4.78 is 50.8. The second kappa shape index (κ2) is 10.1. The molecule has 3 rings (SSSR count). The van der Waals surface area contributed by atoms with Gasteiger partial charge in [-0.3, -0.25) is 4.79 Å². The number of hydrogen-bond acceptors (Lipinski definition) is 6. The van der Waals surface area contributed by atoms with Crippen molar-refractivity contribution in [2.45, 2.75) is 25.2 Å². The van der Waals surface area contributed by atoms with E-state index in [1.807, 2.05) is 26.0 Å². The van der Waals surface area contributed by atoms with Gasteiger partial charge in [-0.1, -0.05) is 23.9 Å². The predicted molar refractivity (Wildman–Crippen MR) is 121 cm³/mol. The van der Waals surface area contributed by atoms with E-state index in [-0.39, 0.29) is 22.5 Å². The topological polar surface area (TPSA) is 73.3 Å². The number of methoxy groups -OCH3 is 2. The van der Waals surface area contributed by atoms with Gasteiger partial charge in [-0.2, -0.15) is 13.2 Å². The highest BCUT2D eigenvalue weighted by atomic mass is 32.2. The maximum Gasteiger partial charge on any atom is 0.433 e. The van der Waals surface area contributed by atoms with Crippen molar-refractivity contribution in [2.75, 3.05) is 25.3 Å². The zero-order chi connectivity index (χ0) is 24.2. The third-order valence-electron chi connectivity index (χ3n) is 4.89. The van der Waals surface area contributed by atoms with Crippen molar-refractivity contribution in [3.63, 3.8) is 0 Å². The first-order chi connectivity index (χ1) is 15.6. The molecule has 0 aliphatic heterocycles. The van der Waals surface area contributed by atoms with Gasteiger partial charge in [0.1, 0.15) is 5.69 Å². The molecule has 1 amide bonds. The number of carbonyl (C=O) groups is 1. The van der Waals surface area contributed by atoms with Gasteiger partial charge in [0.25, 0.3) is 0 Å². The average Bonchev–Trinajstić information content (AvgIpc) is 2.79. The van der Waals surface area contributed by atoms with E-state index in [4.69, 9.17) is 9.47 Å². The number of hydrogen-bond donors (Lipinski definition) is 1. The fourth-order valence-corrected chi connectivity index (χ4v) is 3.64. The number of thioether (sulfide) groups is 1. The van der Waals surface area contributed by atoms with Crippen LogP contribution in [0.2, 0.25) is 0 Å². The Bertz CT molecular complexity index is 1170. The molecule has 174 valence electrons. The molecule has 0 saturated carbocycles. The molecule has 2 aromatic carbocycles. The SMILES string of the molecule is COc1ccc(-c2cc(C(F)(F)F)nc(SCC(=O)Nc3cccc(C)c3C)n2)cc1OC. The molecule has 0 atom stereocenters. The van der Waals surface area contributed by atoms with Crippen LogP contribution in [-0.4, -0.2) is 35.8 Å². The number of nitrogens with one attached hydrogen (secondary N) is 1. The zero-order valence-electron chi connectivity index (χ0n) is 18.4. The van der Waals surface area contributed by atoms with E-state index in [1.54, 1.807) is 18.2 Å². The molecule has 0 aliphatic carbocycles. The number of anilines is 1. The Kier molecular flexibility index (Phi) is 7.47. The quantitative estimate of drug-likeness (QED) is 0.357. The third kappa shape index (κ3) is 5.95. The lowest BCUT2D eigenvalue weighted by Gasteiger charge is -2.13. The molecule has 0 bridgehead atoms. The molecule has 1 aromatic heterocycles. The number of amides is 1. The number of rotatable bonds is 7. The summed E-state index contributed by atoms with van der Waals surface area (Å²) in [6.45, 7) is 3.80. The summed E-state index contributed by atoms with van der Waals surface area (Å²) in [5, 5.41) is 2.61. The summed E-state index contributed by atoms with van der Waals surface area (Å²) in [6.07, 6.45) is -4.68. The van der Waals surface area contributed by atoms with Crippen LogP contribution in [0.1, 0.15) is 16.8 Å². The summed E-state index contributed by atoms with van der Waals surface area (Å²) in [5.41, 5.74) is 1.93. The van der Waals surface area contributed by atoms with Crippen molar-refractivity contribution < 1.29 is 27.4 Å². The molecule has 10 heteroatoms. The first-order valence-electron chi connectivity index (χ1n) is 9.80. The van der Waals surface area contributed by atoms with Crippen molar-refractivity contribution in [3.05, 3.63) is 59.3 Å². The van der Waals surface area contributed by atoms with Crippen molar-refractivity contribution in [1.82, 2.24) is 9.97 Å². The van der Waals surface area contributed by atoms with E-state index in [9.17, 15) is 18.0 Å². The molecule has 0 fully saturated rings. The second-order valence-electron chi connectivity index (χ2n) is 7.07. The van der Waals surface area contributed by atoms with Crippen LogP contribution in [0, 0.1) is 13.8 Å². The van der Waals surface area contributed by atoms with Crippen LogP contribution in [0.15, 0.2) is 47.6 Å². The summed E-state index contributed by atoms with van der Waals surface area (Å²) in [5.74, 6) is 0.260. The van der Waals surface area contributed by atoms with E-state index in [0.717, 1.165) is 29.0 Å². The Hall–Kier alpha value is -3.27. The monoisotopic (exact) mass is 477 g/mol. The highest BCUT2D eigenvalue weighted by molar-refractivity contribution is 7.99. The number of halogens is 3. The first kappa shape index (κ1) is 24.4. The third-order valence-corrected chi connectivity index (χ3v) is 5.73.